The van der Waals surface area contributed by atoms with Gasteiger partial charge < -0.3 is 10.2 Å². The van der Waals surface area contributed by atoms with E-state index in [4.69, 9.17) is 5.11 Å². The Bertz CT molecular complexity index is 544. The predicted octanol–water partition coefficient (Wildman–Crippen LogP) is 1.92. The van der Waals surface area contributed by atoms with Gasteiger partial charge in [0, 0.05) is 0 Å². The molecule has 76 valence electrons. The molecule has 0 bridgehead atoms. The second-order valence-electron chi connectivity index (χ2n) is 3.45. The second kappa shape index (κ2) is 3.28. The fraction of sp³-hybridized carbons (Fsp3) is 0.0833. The van der Waals surface area contributed by atoms with Crippen LogP contribution in [0.25, 0.3) is 10.8 Å². The number of benzene rings is 2. The van der Waals surface area contributed by atoms with Crippen LogP contribution in [0.3, 0.4) is 0 Å². The van der Waals surface area contributed by atoms with Gasteiger partial charge in [0.05, 0.1) is 5.56 Å². The third-order valence-electron chi connectivity index (χ3n) is 2.41. The summed E-state index contributed by atoms with van der Waals surface area (Å²) >= 11 is 0. The van der Waals surface area contributed by atoms with E-state index in [9.17, 15) is 9.90 Å². The van der Waals surface area contributed by atoms with Crippen LogP contribution in [0.15, 0.2) is 30.3 Å². The Kier molecular flexibility index (Phi) is 2.08. The van der Waals surface area contributed by atoms with Crippen molar-refractivity contribution >= 4 is 16.7 Å². The van der Waals surface area contributed by atoms with Gasteiger partial charge in [0.25, 0.3) is 0 Å². The van der Waals surface area contributed by atoms with Gasteiger partial charge in [-0.15, -0.1) is 5.75 Å². The number of carboxylic acids is 1. The van der Waals surface area contributed by atoms with Gasteiger partial charge >= 0.3 is 5.97 Å². The van der Waals surface area contributed by atoms with Crippen molar-refractivity contribution in [2.24, 2.45) is 0 Å². The zero-order valence-electron chi connectivity index (χ0n) is 8.15. The van der Waals surface area contributed by atoms with Crippen LogP contribution in [0.4, 0.5) is 0 Å². The summed E-state index contributed by atoms with van der Waals surface area (Å²) in [5.74, 6) is -1.14. The predicted molar refractivity (Wildman–Crippen MR) is 55.1 cm³/mol. The molecular weight excluding hydrogens is 192 g/mol. The number of hydrogen-bond acceptors (Lipinski definition) is 2. The summed E-state index contributed by atoms with van der Waals surface area (Å²) in [4.78, 5) is 10.9. The molecule has 0 atom stereocenters. The first-order valence-corrected chi connectivity index (χ1v) is 4.53. The van der Waals surface area contributed by atoms with E-state index in [1.165, 1.54) is 12.1 Å². The number of carbonyl (C=O) groups is 1. The van der Waals surface area contributed by atoms with E-state index >= 15 is 0 Å². The molecule has 3 heteroatoms. The zero-order valence-corrected chi connectivity index (χ0v) is 8.15. The standard InChI is InChI=1S/C12H10O3/c1-7-5-8-3-2-4-9(12(14)15)10(8)6-11(7)13/h2-6,13H,1H3,(H,14,15)/p-1. The summed E-state index contributed by atoms with van der Waals surface area (Å²) < 4.78 is 0. The molecule has 0 aromatic heterocycles. The van der Waals surface area contributed by atoms with Crippen LogP contribution in [0.1, 0.15) is 15.9 Å². The highest BCUT2D eigenvalue weighted by atomic mass is 16.4. The lowest BCUT2D eigenvalue weighted by atomic mass is 10.0. The smallest absolute Gasteiger partial charge is 0.336 e. The number of rotatable bonds is 1. The highest BCUT2D eigenvalue weighted by Gasteiger charge is 2.07. The average Bonchev–Trinajstić information content (AvgIpc) is 2.18. The number of fused-ring (bicyclic) bond motifs is 1. The summed E-state index contributed by atoms with van der Waals surface area (Å²) in [6, 6.07) is 8.07. The van der Waals surface area contributed by atoms with E-state index in [-0.39, 0.29) is 11.3 Å². The van der Waals surface area contributed by atoms with Gasteiger partial charge in [-0.2, -0.15) is 0 Å². The maximum Gasteiger partial charge on any atom is 0.336 e. The fourth-order valence-electron chi connectivity index (χ4n) is 1.61. The van der Waals surface area contributed by atoms with Crippen molar-refractivity contribution in [1.82, 2.24) is 0 Å². The van der Waals surface area contributed by atoms with E-state index in [1.54, 1.807) is 25.1 Å². The molecule has 0 radical (unpaired) electrons. The number of aromatic carboxylic acids is 1. The third kappa shape index (κ3) is 1.52. The highest BCUT2D eigenvalue weighted by Crippen LogP contribution is 2.25. The van der Waals surface area contributed by atoms with Crippen LogP contribution in [0.5, 0.6) is 5.75 Å². The average molecular weight is 201 g/mol. The SMILES string of the molecule is Cc1cc2cccc(C(=O)O)c2cc1[O-]. The van der Waals surface area contributed by atoms with E-state index in [0.717, 1.165) is 5.39 Å². The van der Waals surface area contributed by atoms with Crippen molar-refractivity contribution in [3.63, 3.8) is 0 Å². The van der Waals surface area contributed by atoms with Gasteiger partial charge in [-0.05, 0) is 23.8 Å². The third-order valence-corrected chi connectivity index (χ3v) is 2.41. The van der Waals surface area contributed by atoms with Crippen molar-refractivity contribution < 1.29 is 15.0 Å². The quantitative estimate of drug-likeness (QED) is 0.766. The maximum atomic E-state index is 11.4. The van der Waals surface area contributed by atoms with Gasteiger partial charge in [-0.25, -0.2) is 4.79 Å². The van der Waals surface area contributed by atoms with Gasteiger partial charge in [-0.1, -0.05) is 29.8 Å². The molecule has 0 amide bonds. The lowest BCUT2D eigenvalue weighted by molar-refractivity contribution is -0.269. The molecule has 2 aromatic rings. The first-order chi connectivity index (χ1) is 7.09. The summed E-state index contributed by atoms with van der Waals surface area (Å²) in [7, 11) is 0. The molecule has 2 rings (SSSR count). The molecule has 3 nitrogen and oxygen atoms in total. The molecule has 0 spiro atoms. The van der Waals surface area contributed by atoms with Gasteiger partial charge in [-0.3, -0.25) is 0 Å². The normalized spacial score (nSPS) is 10.5. The van der Waals surface area contributed by atoms with Crippen LogP contribution in [-0.4, -0.2) is 11.1 Å². The number of carboxylic acid groups (broad SMARTS) is 1. The molecule has 2 aromatic carbocycles. The first-order valence-electron chi connectivity index (χ1n) is 4.53. The second-order valence-corrected chi connectivity index (χ2v) is 3.45. The Labute approximate surface area is 86.6 Å². The molecular formula is C12H9O3-. The molecule has 0 aliphatic heterocycles. The molecule has 0 saturated heterocycles. The molecule has 0 heterocycles. The lowest BCUT2D eigenvalue weighted by Crippen LogP contribution is -1.99. The van der Waals surface area contributed by atoms with E-state index in [0.29, 0.717) is 10.9 Å². The van der Waals surface area contributed by atoms with E-state index in [2.05, 4.69) is 0 Å². The van der Waals surface area contributed by atoms with Crippen molar-refractivity contribution in [2.45, 2.75) is 6.92 Å². The summed E-state index contributed by atoms with van der Waals surface area (Å²) in [6.45, 7) is 1.72. The minimum Gasteiger partial charge on any atom is -0.872 e. The van der Waals surface area contributed by atoms with E-state index in [1.807, 2.05) is 0 Å². The van der Waals surface area contributed by atoms with Crippen LogP contribution >= 0.6 is 0 Å². The molecule has 0 unspecified atom stereocenters. The Hall–Kier alpha value is -2.03. The van der Waals surface area contributed by atoms with Crippen LogP contribution in [-0.2, 0) is 0 Å². The topological polar surface area (TPSA) is 60.4 Å². The molecule has 0 saturated carbocycles. The van der Waals surface area contributed by atoms with Crippen LogP contribution in [0, 0.1) is 6.92 Å². The molecule has 0 aliphatic carbocycles. The number of hydrogen-bond donors (Lipinski definition) is 1. The summed E-state index contributed by atoms with van der Waals surface area (Å²) in [5.41, 5.74) is 0.801. The van der Waals surface area contributed by atoms with Crippen molar-refractivity contribution in [3.05, 3.63) is 41.5 Å². The molecule has 0 aliphatic rings. The fourth-order valence-corrected chi connectivity index (χ4v) is 1.61. The summed E-state index contributed by atoms with van der Waals surface area (Å²) in [6.07, 6.45) is 0. The van der Waals surface area contributed by atoms with Gasteiger partial charge in [0.2, 0.25) is 0 Å². The van der Waals surface area contributed by atoms with Crippen molar-refractivity contribution in [1.29, 1.82) is 0 Å². The minimum absolute atomic E-state index is 0.129. The Morgan fingerprint density at radius 1 is 1.33 bits per heavy atom. The zero-order chi connectivity index (χ0) is 11.0. The Morgan fingerprint density at radius 3 is 2.73 bits per heavy atom. The minimum atomic E-state index is -1.01. The van der Waals surface area contributed by atoms with Crippen molar-refractivity contribution in [3.8, 4) is 5.75 Å². The Morgan fingerprint density at radius 2 is 2.07 bits per heavy atom. The molecule has 1 N–H and O–H groups in total. The maximum absolute atomic E-state index is 11.4. The van der Waals surface area contributed by atoms with Gasteiger partial charge in [0.15, 0.2) is 0 Å². The lowest BCUT2D eigenvalue weighted by Gasteiger charge is -2.12. The van der Waals surface area contributed by atoms with Crippen LogP contribution < -0.4 is 5.11 Å². The van der Waals surface area contributed by atoms with Gasteiger partial charge in [0.1, 0.15) is 0 Å². The molecule has 15 heavy (non-hydrogen) atoms. The molecule has 0 fully saturated rings. The van der Waals surface area contributed by atoms with E-state index < -0.39 is 5.97 Å². The Balaban J connectivity index is 2.86. The monoisotopic (exact) mass is 201 g/mol. The highest BCUT2D eigenvalue weighted by molar-refractivity contribution is 6.04. The van der Waals surface area contributed by atoms with Crippen molar-refractivity contribution in [2.75, 3.05) is 0 Å². The largest absolute Gasteiger partial charge is 0.872 e. The summed E-state index contributed by atoms with van der Waals surface area (Å²) in [5, 5.41) is 21.6. The first kappa shape index (κ1) is 9.52. The number of aryl methyl sites for hydroxylation is 1. The van der Waals surface area contributed by atoms with Crippen LogP contribution in [0.2, 0.25) is 0 Å².